The van der Waals surface area contributed by atoms with Crippen LogP contribution in [0.2, 0.25) is 0 Å². The van der Waals surface area contributed by atoms with E-state index < -0.39 is 32.5 Å². The zero-order valence-corrected chi connectivity index (χ0v) is 15.4. The summed E-state index contributed by atoms with van der Waals surface area (Å²) in [6, 6.07) is 3.12. The number of rotatable bonds is 4. The van der Waals surface area contributed by atoms with Crippen LogP contribution in [-0.4, -0.2) is 37.8 Å². The van der Waals surface area contributed by atoms with Crippen molar-refractivity contribution >= 4 is 15.9 Å². The van der Waals surface area contributed by atoms with Crippen LogP contribution in [0, 0.1) is 17.6 Å². The van der Waals surface area contributed by atoms with Gasteiger partial charge in [-0.3, -0.25) is 4.79 Å². The Kier molecular flexibility index (Phi) is 5.92. The predicted octanol–water partition coefficient (Wildman–Crippen LogP) is 2.81. The summed E-state index contributed by atoms with van der Waals surface area (Å²) >= 11 is 0. The van der Waals surface area contributed by atoms with Crippen molar-refractivity contribution in [1.29, 1.82) is 0 Å². The number of hydrogen-bond acceptors (Lipinski definition) is 3. The maximum atomic E-state index is 13.9. The first-order chi connectivity index (χ1) is 12.4. The molecular weight excluding hydrogens is 362 g/mol. The van der Waals surface area contributed by atoms with Crippen LogP contribution in [-0.2, 0) is 14.8 Å². The topological polar surface area (TPSA) is 66.5 Å². The summed E-state index contributed by atoms with van der Waals surface area (Å²) in [6.07, 6.45) is 6.30. The number of amides is 1. The molecule has 0 radical (unpaired) electrons. The molecule has 0 spiro atoms. The lowest BCUT2D eigenvalue weighted by Crippen LogP contribution is -2.48. The molecule has 1 aromatic carbocycles. The molecule has 1 aromatic rings. The molecule has 1 heterocycles. The van der Waals surface area contributed by atoms with Gasteiger partial charge >= 0.3 is 0 Å². The van der Waals surface area contributed by atoms with E-state index in [2.05, 4.69) is 5.32 Å². The quantitative estimate of drug-likeness (QED) is 0.865. The second-order valence-corrected chi connectivity index (χ2v) is 8.97. The third-order valence-corrected chi connectivity index (χ3v) is 7.14. The van der Waals surface area contributed by atoms with Gasteiger partial charge in [-0.05, 0) is 37.8 Å². The van der Waals surface area contributed by atoms with E-state index >= 15 is 0 Å². The molecule has 1 N–H and O–H groups in total. The number of carbonyl (C=O) groups is 1. The van der Waals surface area contributed by atoms with Crippen LogP contribution < -0.4 is 5.32 Å². The SMILES string of the molecule is O=C(NC1CCCCC1)C1CCCN(S(=O)(=O)c2c(F)cccc2F)C1. The van der Waals surface area contributed by atoms with Crippen LogP contribution in [0.5, 0.6) is 0 Å². The maximum Gasteiger partial charge on any atom is 0.248 e. The van der Waals surface area contributed by atoms with Crippen molar-refractivity contribution in [3.63, 3.8) is 0 Å². The number of carbonyl (C=O) groups excluding carboxylic acids is 1. The molecule has 1 amide bonds. The summed E-state index contributed by atoms with van der Waals surface area (Å²) < 4.78 is 54.3. The molecule has 8 heteroatoms. The molecule has 1 saturated heterocycles. The highest BCUT2D eigenvalue weighted by Crippen LogP contribution is 2.27. The normalized spacial score (nSPS) is 22.9. The Hall–Kier alpha value is -1.54. The zero-order valence-electron chi connectivity index (χ0n) is 14.6. The van der Waals surface area contributed by atoms with Crippen LogP contribution in [0.25, 0.3) is 0 Å². The van der Waals surface area contributed by atoms with E-state index in [1.807, 2.05) is 0 Å². The third-order valence-electron chi connectivity index (χ3n) is 5.22. The Morgan fingerprint density at radius 3 is 2.35 bits per heavy atom. The average Bonchev–Trinajstić information content (AvgIpc) is 2.62. The largest absolute Gasteiger partial charge is 0.353 e. The van der Waals surface area contributed by atoms with Gasteiger partial charge in [0.2, 0.25) is 15.9 Å². The van der Waals surface area contributed by atoms with Gasteiger partial charge in [-0.2, -0.15) is 4.31 Å². The molecule has 1 aliphatic heterocycles. The van der Waals surface area contributed by atoms with Gasteiger partial charge in [-0.15, -0.1) is 0 Å². The van der Waals surface area contributed by atoms with E-state index in [1.54, 1.807) is 0 Å². The van der Waals surface area contributed by atoms with Crippen molar-refractivity contribution in [3.05, 3.63) is 29.8 Å². The lowest BCUT2D eigenvalue weighted by atomic mass is 9.93. The fraction of sp³-hybridized carbons (Fsp3) is 0.611. The number of benzene rings is 1. The van der Waals surface area contributed by atoms with Crippen LogP contribution in [0.1, 0.15) is 44.9 Å². The van der Waals surface area contributed by atoms with Crippen molar-refractivity contribution in [2.24, 2.45) is 5.92 Å². The molecule has 144 valence electrons. The van der Waals surface area contributed by atoms with Crippen LogP contribution in [0.4, 0.5) is 8.78 Å². The summed E-state index contributed by atoms with van der Waals surface area (Å²) in [7, 11) is -4.32. The average molecular weight is 386 g/mol. The van der Waals surface area contributed by atoms with Gasteiger partial charge in [0.25, 0.3) is 0 Å². The van der Waals surface area contributed by atoms with Crippen LogP contribution >= 0.6 is 0 Å². The summed E-state index contributed by atoms with van der Waals surface area (Å²) in [4.78, 5) is 11.6. The minimum absolute atomic E-state index is 0.0470. The molecule has 1 unspecified atom stereocenters. The molecule has 26 heavy (non-hydrogen) atoms. The van der Waals surface area contributed by atoms with E-state index in [-0.39, 0.29) is 25.0 Å². The predicted molar refractivity (Wildman–Crippen MR) is 92.9 cm³/mol. The van der Waals surface area contributed by atoms with Crippen LogP contribution in [0.15, 0.2) is 23.1 Å². The maximum absolute atomic E-state index is 13.9. The lowest BCUT2D eigenvalue weighted by molar-refractivity contribution is -0.127. The lowest BCUT2D eigenvalue weighted by Gasteiger charge is -2.32. The number of hydrogen-bond donors (Lipinski definition) is 1. The summed E-state index contributed by atoms with van der Waals surface area (Å²) in [5.74, 6) is -2.88. The van der Waals surface area contributed by atoms with Crippen molar-refractivity contribution < 1.29 is 22.0 Å². The Labute approximate surface area is 152 Å². The van der Waals surface area contributed by atoms with E-state index in [9.17, 15) is 22.0 Å². The number of piperidine rings is 1. The van der Waals surface area contributed by atoms with E-state index in [4.69, 9.17) is 0 Å². The fourth-order valence-corrected chi connectivity index (χ4v) is 5.43. The Morgan fingerprint density at radius 1 is 1.04 bits per heavy atom. The highest BCUT2D eigenvalue weighted by molar-refractivity contribution is 7.89. The monoisotopic (exact) mass is 386 g/mol. The van der Waals surface area contributed by atoms with E-state index in [1.165, 1.54) is 6.42 Å². The van der Waals surface area contributed by atoms with Crippen LogP contribution in [0.3, 0.4) is 0 Å². The summed E-state index contributed by atoms with van der Waals surface area (Å²) in [6.45, 7) is 0.109. The molecule has 0 bridgehead atoms. The van der Waals surface area contributed by atoms with Gasteiger partial charge < -0.3 is 5.32 Å². The first-order valence-corrected chi connectivity index (χ1v) is 10.6. The molecule has 2 fully saturated rings. The molecule has 3 rings (SSSR count). The molecular formula is C18H24F2N2O3S. The summed E-state index contributed by atoms with van der Waals surface area (Å²) in [5, 5.41) is 3.01. The standard InChI is InChI=1S/C18H24F2N2O3S/c19-15-9-4-10-16(20)17(15)26(24,25)22-11-5-6-13(12-22)18(23)21-14-7-2-1-3-8-14/h4,9-10,13-14H,1-3,5-8,11-12H2,(H,21,23). The Balaban J connectivity index is 1.72. The number of sulfonamides is 1. The van der Waals surface area contributed by atoms with Gasteiger partial charge in [0.1, 0.15) is 11.6 Å². The van der Waals surface area contributed by atoms with Gasteiger partial charge in [0, 0.05) is 19.1 Å². The Bertz CT molecular complexity index is 743. The van der Waals surface area contributed by atoms with Gasteiger partial charge in [0.15, 0.2) is 4.90 Å². The number of nitrogens with zero attached hydrogens (tertiary/aromatic N) is 1. The molecule has 0 aromatic heterocycles. The summed E-state index contributed by atoms with van der Waals surface area (Å²) in [5.41, 5.74) is 0. The number of halogens is 2. The van der Waals surface area contributed by atoms with Crippen molar-refractivity contribution in [3.8, 4) is 0 Å². The van der Waals surface area contributed by atoms with E-state index in [0.29, 0.717) is 12.8 Å². The van der Waals surface area contributed by atoms with Crippen molar-refractivity contribution in [2.45, 2.75) is 55.9 Å². The van der Waals surface area contributed by atoms with E-state index in [0.717, 1.165) is 48.2 Å². The first kappa shape index (κ1) is 19.2. The minimum Gasteiger partial charge on any atom is -0.353 e. The zero-order chi connectivity index (χ0) is 18.7. The van der Waals surface area contributed by atoms with Gasteiger partial charge in [0.05, 0.1) is 5.92 Å². The highest BCUT2D eigenvalue weighted by atomic mass is 32.2. The van der Waals surface area contributed by atoms with Crippen molar-refractivity contribution in [2.75, 3.05) is 13.1 Å². The van der Waals surface area contributed by atoms with Gasteiger partial charge in [-0.25, -0.2) is 17.2 Å². The van der Waals surface area contributed by atoms with Crippen molar-refractivity contribution in [1.82, 2.24) is 9.62 Å². The molecule has 1 saturated carbocycles. The fourth-order valence-electron chi connectivity index (χ4n) is 3.80. The molecule has 1 atom stereocenters. The first-order valence-electron chi connectivity index (χ1n) is 9.14. The number of nitrogens with one attached hydrogen (secondary N) is 1. The third kappa shape index (κ3) is 4.06. The second kappa shape index (κ2) is 8.00. The highest BCUT2D eigenvalue weighted by Gasteiger charge is 2.36. The molecule has 2 aliphatic rings. The smallest absolute Gasteiger partial charge is 0.248 e. The second-order valence-electron chi connectivity index (χ2n) is 7.10. The molecule has 1 aliphatic carbocycles. The van der Waals surface area contributed by atoms with Gasteiger partial charge in [-0.1, -0.05) is 25.3 Å². The Morgan fingerprint density at radius 2 is 1.69 bits per heavy atom. The molecule has 5 nitrogen and oxygen atoms in total. The minimum atomic E-state index is -4.32.